The molecule has 0 saturated heterocycles. The molecule has 0 N–H and O–H groups in total. The summed E-state index contributed by atoms with van der Waals surface area (Å²) in [7, 11) is 2.83. The SMILES string of the molecule is CC(=Cc1ccccc1)c1ccccc1-c1ccccc1P. The van der Waals surface area contributed by atoms with Gasteiger partial charge < -0.3 is 0 Å². The Bertz CT molecular complexity index is 801. The molecular weight excluding hydrogens is 283 g/mol. The maximum absolute atomic E-state index is 2.83. The summed E-state index contributed by atoms with van der Waals surface area (Å²) in [5, 5.41) is 1.22. The highest BCUT2D eigenvalue weighted by Crippen LogP contribution is 2.29. The van der Waals surface area contributed by atoms with Gasteiger partial charge in [-0.3, -0.25) is 0 Å². The first-order valence-corrected chi connectivity index (χ1v) is 8.01. The molecule has 22 heavy (non-hydrogen) atoms. The first-order valence-electron chi connectivity index (χ1n) is 7.43. The van der Waals surface area contributed by atoms with Gasteiger partial charge in [-0.15, -0.1) is 9.24 Å². The van der Waals surface area contributed by atoms with Crippen molar-refractivity contribution in [2.24, 2.45) is 0 Å². The third-order valence-electron chi connectivity index (χ3n) is 3.79. The van der Waals surface area contributed by atoms with Gasteiger partial charge in [0.2, 0.25) is 0 Å². The zero-order chi connectivity index (χ0) is 15.4. The molecular formula is C21H19P. The molecule has 108 valence electrons. The van der Waals surface area contributed by atoms with Crippen LogP contribution in [0.2, 0.25) is 0 Å². The van der Waals surface area contributed by atoms with Crippen LogP contribution in [0.1, 0.15) is 18.1 Å². The smallest absolute Gasteiger partial charge is 0.0103 e. The summed E-state index contributed by atoms with van der Waals surface area (Å²) < 4.78 is 0. The average molecular weight is 302 g/mol. The average Bonchev–Trinajstić information content (AvgIpc) is 2.56. The van der Waals surface area contributed by atoms with Crippen LogP contribution in [0.25, 0.3) is 22.8 Å². The van der Waals surface area contributed by atoms with E-state index in [1.54, 1.807) is 0 Å². The summed E-state index contributed by atoms with van der Waals surface area (Å²) in [6.07, 6.45) is 2.24. The summed E-state index contributed by atoms with van der Waals surface area (Å²) in [6, 6.07) is 27.5. The van der Waals surface area contributed by atoms with E-state index >= 15 is 0 Å². The van der Waals surface area contributed by atoms with Crippen LogP contribution in [0.3, 0.4) is 0 Å². The lowest BCUT2D eigenvalue weighted by Crippen LogP contribution is -1.98. The maximum atomic E-state index is 2.83. The predicted molar refractivity (Wildman–Crippen MR) is 101 cm³/mol. The van der Waals surface area contributed by atoms with Gasteiger partial charge in [-0.2, -0.15) is 0 Å². The molecule has 0 aliphatic carbocycles. The quantitative estimate of drug-likeness (QED) is 0.448. The summed E-state index contributed by atoms with van der Waals surface area (Å²) >= 11 is 0. The van der Waals surface area contributed by atoms with Gasteiger partial charge in [-0.05, 0) is 40.1 Å². The Morgan fingerprint density at radius 3 is 2.05 bits per heavy atom. The number of allylic oxidation sites excluding steroid dienone is 1. The van der Waals surface area contributed by atoms with E-state index in [0.717, 1.165) is 0 Å². The van der Waals surface area contributed by atoms with Crippen molar-refractivity contribution in [3.05, 3.63) is 90.0 Å². The van der Waals surface area contributed by atoms with Crippen molar-refractivity contribution in [1.82, 2.24) is 0 Å². The zero-order valence-corrected chi connectivity index (χ0v) is 13.8. The normalized spacial score (nSPS) is 11.5. The van der Waals surface area contributed by atoms with Gasteiger partial charge in [0.25, 0.3) is 0 Å². The third kappa shape index (κ3) is 3.18. The molecule has 0 aromatic heterocycles. The lowest BCUT2D eigenvalue weighted by Gasteiger charge is -2.12. The van der Waals surface area contributed by atoms with Crippen LogP contribution >= 0.6 is 9.24 Å². The molecule has 1 heteroatoms. The Morgan fingerprint density at radius 1 is 0.727 bits per heavy atom. The molecule has 1 unspecified atom stereocenters. The molecule has 3 rings (SSSR count). The maximum Gasteiger partial charge on any atom is -0.0103 e. The highest BCUT2D eigenvalue weighted by Gasteiger charge is 2.08. The third-order valence-corrected chi connectivity index (χ3v) is 4.29. The zero-order valence-electron chi connectivity index (χ0n) is 12.7. The van der Waals surface area contributed by atoms with E-state index in [1.807, 2.05) is 6.07 Å². The molecule has 0 spiro atoms. The highest BCUT2D eigenvalue weighted by atomic mass is 31.0. The van der Waals surface area contributed by atoms with E-state index in [4.69, 9.17) is 0 Å². The van der Waals surface area contributed by atoms with Crippen molar-refractivity contribution < 1.29 is 0 Å². The van der Waals surface area contributed by atoms with Crippen LogP contribution < -0.4 is 5.30 Å². The largest absolute Gasteiger partial charge is 0.105 e. The van der Waals surface area contributed by atoms with Crippen molar-refractivity contribution in [2.75, 3.05) is 0 Å². The van der Waals surface area contributed by atoms with Crippen molar-refractivity contribution in [1.29, 1.82) is 0 Å². The number of hydrogen-bond acceptors (Lipinski definition) is 0. The summed E-state index contributed by atoms with van der Waals surface area (Å²) in [5.74, 6) is 0. The second-order valence-electron chi connectivity index (χ2n) is 5.37. The Labute approximate surface area is 134 Å². The molecule has 0 aliphatic rings. The summed E-state index contributed by atoms with van der Waals surface area (Å²) in [4.78, 5) is 0. The molecule has 0 bridgehead atoms. The van der Waals surface area contributed by atoms with E-state index in [2.05, 4.69) is 95.0 Å². The van der Waals surface area contributed by atoms with Gasteiger partial charge in [0.15, 0.2) is 0 Å². The fourth-order valence-corrected chi connectivity index (χ4v) is 3.04. The van der Waals surface area contributed by atoms with E-state index in [9.17, 15) is 0 Å². The minimum absolute atomic E-state index is 1.22. The van der Waals surface area contributed by atoms with Crippen molar-refractivity contribution in [2.45, 2.75) is 6.92 Å². The van der Waals surface area contributed by atoms with Gasteiger partial charge in [0, 0.05) is 0 Å². The molecule has 0 heterocycles. The molecule has 1 atom stereocenters. The van der Waals surface area contributed by atoms with Crippen LogP contribution in [0, 0.1) is 0 Å². The number of hydrogen-bond donors (Lipinski definition) is 0. The number of benzene rings is 3. The predicted octanol–water partition coefficient (Wildman–Crippen LogP) is 5.41. The van der Waals surface area contributed by atoms with Crippen molar-refractivity contribution in [3.8, 4) is 11.1 Å². The highest BCUT2D eigenvalue weighted by molar-refractivity contribution is 7.28. The van der Waals surface area contributed by atoms with E-state index < -0.39 is 0 Å². The lowest BCUT2D eigenvalue weighted by molar-refractivity contribution is 1.55. The van der Waals surface area contributed by atoms with Crippen LogP contribution in [0.5, 0.6) is 0 Å². The molecule has 3 aromatic carbocycles. The lowest BCUT2D eigenvalue weighted by atomic mass is 9.94. The van der Waals surface area contributed by atoms with E-state index in [0.29, 0.717) is 0 Å². The minimum Gasteiger partial charge on any atom is -0.105 e. The topological polar surface area (TPSA) is 0 Å². The second-order valence-corrected chi connectivity index (χ2v) is 5.99. The fourth-order valence-electron chi connectivity index (χ4n) is 2.68. The first-order chi connectivity index (χ1) is 10.8. The number of rotatable bonds is 3. The first kappa shape index (κ1) is 14.8. The Kier molecular flexibility index (Phi) is 4.51. The Hall–Kier alpha value is -2.17. The van der Waals surface area contributed by atoms with Crippen molar-refractivity contribution >= 4 is 26.2 Å². The van der Waals surface area contributed by atoms with Gasteiger partial charge in [-0.25, -0.2) is 0 Å². The van der Waals surface area contributed by atoms with Gasteiger partial charge in [0.05, 0.1) is 0 Å². The second kappa shape index (κ2) is 6.73. The van der Waals surface area contributed by atoms with Crippen LogP contribution in [0.15, 0.2) is 78.9 Å². The van der Waals surface area contributed by atoms with Gasteiger partial charge in [0.1, 0.15) is 0 Å². The van der Waals surface area contributed by atoms with Crippen LogP contribution in [-0.4, -0.2) is 0 Å². The Balaban J connectivity index is 2.09. The summed E-state index contributed by atoms with van der Waals surface area (Å²) in [5.41, 5.74) is 6.33. The molecule has 0 fully saturated rings. The monoisotopic (exact) mass is 302 g/mol. The Morgan fingerprint density at radius 2 is 1.32 bits per heavy atom. The van der Waals surface area contributed by atoms with Crippen molar-refractivity contribution in [3.63, 3.8) is 0 Å². The van der Waals surface area contributed by atoms with Gasteiger partial charge >= 0.3 is 0 Å². The summed E-state index contributed by atoms with van der Waals surface area (Å²) in [6.45, 7) is 2.18. The molecule has 0 radical (unpaired) electrons. The van der Waals surface area contributed by atoms with Crippen LogP contribution in [-0.2, 0) is 0 Å². The van der Waals surface area contributed by atoms with Gasteiger partial charge in [-0.1, -0.05) is 84.9 Å². The minimum atomic E-state index is 1.22. The molecule has 3 aromatic rings. The standard InChI is InChI=1S/C21H19P/c1-16(15-17-9-3-2-4-10-17)18-11-5-6-12-19(18)20-13-7-8-14-21(20)22/h2-15H,22H2,1H3. The molecule has 0 nitrogen and oxygen atoms in total. The molecule has 0 aliphatic heterocycles. The van der Waals surface area contributed by atoms with E-state index in [-0.39, 0.29) is 0 Å². The van der Waals surface area contributed by atoms with E-state index in [1.165, 1.54) is 33.1 Å². The molecule has 0 saturated carbocycles. The van der Waals surface area contributed by atoms with Crippen LogP contribution in [0.4, 0.5) is 0 Å². The fraction of sp³-hybridized carbons (Fsp3) is 0.0476. The molecule has 0 amide bonds.